The molecular formula is C22H17NO2. The third-order valence-corrected chi connectivity index (χ3v) is 3.87. The highest BCUT2D eigenvalue weighted by Crippen LogP contribution is 2.25. The maximum Gasteiger partial charge on any atom is 0.146 e. The van der Waals surface area contributed by atoms with E-state index < -0.39 is 0 Å². The summed E-state index contributed by atoms with van der Waals surface area (Å²) in [5, 5.41) is 1.07. The van der Waals surface area contributed by atoms with Crippen molar-refractivity contribution in [1.82, 2.24) is 4.98 Å². The first-order valence-electron chi connectivity index (χ1n) is 8.17. The smallest absolute Gasteiger partial charge is 0.146 e. The van der Waals surface area contributed by atoms with E-state index in [0.29, 0.717) is 6.61 Å². The van der Waals surface area contributed by atoms with Crippen LogP contribution in [0.2, 0.25) is 0 Å². The average Bonchev–Trinajstić information content (AvgIpc) is 2.67. The second-order valence-corrected chi connectivity index (χ2v) is 5.68. The first-order valence-corrected chi connectivity index (χ1v) is 8.17. The highest BCUT2D eigenvalue weighted by atomic mass is 16.5. The zero-order valence-corrected chi connectivity index (χ0v) is 13.6. The lowest BCUT2D eigenvalue weighted by Crippen LogP contribution is -1.97. The summed E-state index contributed by atoms with van der Waals surface area (Å²) < 4.78 is 11.9. The number of benzene rings is 3. The van der Waals surface area contributed by atoms with Gasteiger partial charge in [0.25, 0.3) is 0 Å². The normalized spacial score (nSPS) is 10.6. The van der Waals surface area contributed by atoms with Crippen molar-refractivity contribution in [2.75, 3.05) is 0 Å². The lowest BCUT2D eigenvalue weighted by molar-refractivity contribution is 0.309. The van der Waals surface area contributed by atoms with E-state index in [1.807, 2.05) is 84.9 Å². The standard InChI is InChI=1S/C22H17NO2/c1-2-10-19(11-3-1)25-20-12-4-7-17(15-20)16-24-21-13-5-8-18-9-6-14-23-22(18)21/h1-15H,16H2. The Balaban J connectivity index is 1.50. The quantitative estimate of drug-likeness (QED) is 0.478. The Morgan fingerprint density at radius 3 is 2.44 bits per heavy atom. The van der Waals surface area contributed by atoms with Gasteiger partial charge in [0.1, 0.15) is 29.4 Å². The Hall–Kier alpha value is -3.33. The van der Waals surface area contributed by atoms with E-state index in [1.165, 1.54) is 0 Å². The van der Waals surface area contributed by atoms with E-state index in [1.54, 1.807) is 6.20 Å². The maximum absolute atomic E-state index is 5.99. The van der Waals surface area contributed by atoms with Crippen LogP contribution in [-0.2, 0) is 6.61 Å². The molecule has 3 heteroatoms. The third kappa shape index (κ3) is 3.61. The van der Waals surface area contributed by atoms with Gasteiger partial charge in [0.05, 0.1) is 0 Å². The van der Waals surface area contributed by atoms with Gasteiger partial charge in [-0.3, -0.25) is 4.98 Å². The van der Waals surface area contributed by atoms with Crippen LogP contribution in [0, 0.1) is 0 Å². The SMILES string of the molecule is c1ccc(Oc2cccc(COc3cccc4cccnc34)c2)cc1. The number of hydrogen-bond donors (Lipinski definition) is 0. The molecule has 0 spiro atoms. The second-order valence-electron chi connectivity index (χ2n) is 5.68. The topological polar surface area (TPSA) is 31.4 Å². The van der Waals surface area contributed by atoms with Gasteiger partial charge in [-0.05, 0) is 42.0 Å². The fourth-order valence-corrected chi connectivity index (χ4v) is 2.68. The summed E-state index contributed by atoms with van der Waals surface area (Å²) >= 11 is 0. The van der Waals surface area contributed by atoms with Gasteiger partial charge in [0.15, 0.2) is 0 Å². The molecule has 0 atom stereocenters. The molecule has 1 aromatic heterocycles. The minimum Gasteiger partial charge on any atom is -0.487 e. The van der Waals surface area contributed by atoms with Crippen LogP contribution in [0.3, 0.4) is 0 Å². The van der Waals surface area contributed by atoms with Crippen LogP contribution in [0.5, 0.6) is 17.2 Å². The molecule has 25 heavy (non-hydrogen) atoms. The largest absolute Gasteiger partial charge is 0.487 e. The molecule has 122 valence electrons. The number of para-hydroxylation sites is 2. The zero-order valence-electron chi connectivity index (χ0n) is 13.6. The number of aromatic nitrogens is 1. The van der Waals surface area contributed by atoms with Crippen molar-refractivity contribution in [2.24, 2.45) is 0 Å². The third-order valence-electron chi connectivity index (χ3n) is 3.87. The summed E-state index contributed by atoms with van der Waals surface area (Å²) in [6, 6.07) is 27.6. The van der Waals surface area contributed by atoms with E-state index in [4.69, 9.17) is 9.47 Å². The number of rotatable bonds is 5. The molecule has 0 bridgehead atoms. The van der Waals surface area contributed by atoms with Gasteiger partial charge in [-0.15, -0.1) is 0 Å². The molecule has 0 aliphatic heterocycles. The molecule has 0 aliphatic carbocycles. The van der Waals surface area contributed by atoms with Gasteiger partial charge in [-0.25, -0.2) is 0 Å². The van der Waals surface area contributed by atoms with Crippen LogP contribution < -0.4 is 9.47 Å². The molecule has 4 aromatic rings. The fourth-order valence-electron chi connectivity index (χ4n) is 2.68. The van der Waals surface area contributed by atoms with Crippen molar-refractivity contribution in [3.8, 4) is 17.2 Å². The maximum atomic E-state index is 5.99. The molecule has 0 unspecified atom stereocenters. The van der Waals surface area contributed by atoms with E-state index in [9.17, 15) is 0 Å². The lowest BCUT2D eigenvalue weighted by Gasteiger charge is -2.10. The number of pyridine rings is 1. The van der Waals surface area contributed by atoms with Crippen LogP contribution in [0.25, 0.3) is 10.9 Å². The van der Waals surface area contributed by atoms with Crippen molar-refractivity contribution < 1.29 is 9.47 Å². The van der Waals surface area contributed by atoms with Crippen molar-refractivity contribution in [3.63, 3.8) is 0 Å². The minimum atomic E-state index is 0.460. The summed E-state index contributed by atoms with van der Waals surface area (Å²) in [7, 11) is 0. The summed E-state index contributed by atoms with van der Waals surface area (Å²) in [6.07, 6.45) is 1.78. The molecule has 3 nitrogen and oxygen atoms in total. The van der Waals surface area contributed by atoms with Gasteiger partial charge in [-0.2, -0.15) is 0 Å². The predicted octanol–water partition coefficient (Wildman–Crippen LogP) is 5.61. The first kappa shape index (κ1) is 15.2. The first-order chi connectivity index (χ1) is 12.4. The van der Waals surface area contributed by atoms with Crippen LogP contribution in [0.1, 0.15) is 5.56 Å². The van der Waals surface area contributed by atoms with Crippen LogP contribution in [-0.4, -0.2) is 4.98 Å². The van der Waals surface area contributed by atoms with Crippen LogP contribution in [0.4, 0.5) is 0 Å². The molecule has 3 aromatic carbocycles. The number of fused-ring (bicyclic) bond motifs is 1. The Morgan fingerprint density at radius 2 is 1.52 bits per heavy atom. The van der Waals surface area contributed by atoms with Crippen molar-refractivity contribution in [3.05, 3.63) is 96.7 Å². The predicted molar refractivity (Wildman–Crippen MR) is 99.0 cm³/mol. The Kier molecular flexibility index (Phi) is 4.29. The summed E-state index contributed by atoms with van der Waals surface area (Å²) in [5.41, 5.74) is 1.92. The fraction of sp³-hybridized carbons (Fsp3) is 0.0455. The summed E-state index contributed by atoms with van der Waals surface area (Å²) in [6.45, 7) is 0.460. The molecule has 0 saturated heterocycles. The van der Waals surface area contributed by atoms with Crippen LogP contribution >= 0.6 is 0 Å². The second kappa shape index (κ2) is 7.05. The number of ether oxygens (including phenoxy) is 2. The van der Waals surface area contributed by atoms with Crippen molar-refractivity contribution >= 4 is 10.9 Å². The lowest BCUT2D eigenvalue weighted by atomic mass is 10.2. The molecule has 0 N–H and O–H groups in total. The molecule has 0 radical (unpaired) electrons. The van der Waals surface area contributed by atoms with E-state index >= 15 is 0 Å². The van der Waals surface area contributed by atoms with Crippen molar-refractivity contribution in [2.45, 2.75) is 6.61 Å². The average molecular weight is 327 g/mol. The number of nitrogens with zero attached hydrogens (tertiary/aromatic N) is 1. The zero-order chi connectivity index (χ0) is 16.9. The molecule has 4 rings (SSSR count). The molecule has 0 fully saturated rings. The monoisotopic (exact) mass is 327 g/mol. The Morgan fingerprint density at radius 1 is 0.720 bits per heavy atom. The Labute approximate surface area is 146 Å². The van der Waals surface area contributed by atoms with Crippen LogP contribution in [0.15, 0.2) is 91.1 Å². The molecular weight excluding hydrogens is 310 g/mol. The van der Waals surface area contributed by atoms with Gasteiger partial charge < -0.3 is 9.47 Å². The molecule has 0 aliphatic rings. The molecule has 1 heterocycles. The van der Waals surface area contributed by atoms with Gasteiger partial charge in [-0.1, -0.05) is 48.5 Å². The molecule has 0 amide bonds. The minimum absolute atomic E-state index is 0.460. The Bertz CT molecular complexity index is 978. The van der Waals surface area contributed by atoms with Crippen molar-refractivity contribution in [1.29, 1.82) is 0 Å². The number of hydrogen-bond acceptors (Lipinski definition) is 3. The summed E-state index contributed by atoms with van der Waals surface area (Å²) in [4.78, 5) is 4.42. The molecule has 0 saturated carbocycles. The van der Waals surface area contributed by atoms with Gasteiger partial charge in [0, 0.05) is 11.6 Å². The van der Waals surface area contributed by atoms with E-state index in [0.717, 1.165) is 33.7 Å². The highest BCUT2D eigenvalue weighted by Gasteiger charge is 2.04. The highest BCUT2D eigenvalue weighted by molar-refractivity contribution is 5.84. The van der Waals surface area contributed by atoms with Gasteiger partial charge in [0.2, 0.25) is 0 Å². The van der Waals surface area contributed by atoms with E-state index in [-0.39, 0.29) is 0 Å². The van der Waals surface area contributed by atoms with E-state index in [2.05, 4.69) is 4.98 Å². The summed E-state index contributed by atoms with van der Waals surface area (Å²) in [5.74, 6) is 2.40. The van der Waals surface area contributed by atoms with Gasteiger partial charge >= 0.3 is 0 Å².